The van der Waals surface area contributed by atoms with Crippen LogP contribution in [0.2, 0.25) is 0 Å². The number of rotatable bonds is 11. The van der Waals surface area contributed by atoms with Crippen LogP contribution in [0.4, 0.5) is 22.7 Å². The number of nitriles is 1. The molecule has 0 aliphatic rings. The highest BCUT2D eigenvalue weighted by Gasteiger charge is 2.31. The zero-order chi connectivity index (χ0) is 26.1. The van der Waals surface area contributed by atoms with E-state index in [1.165, 1.54) is 23.0 Å². The molecule has 0 fully saturated rings. The maximum atomic E-state index is 14.4. The molecule has 0 bridgehead atoms. The monoisotopic (exact) mass is 526 g/mol. The first-order valence-electron chi connectivity index (χ1n) is 10.3. The van der Waals surface area contributed by atoms with E-state index in [1.807, 2.05) is 0 Å². The number of aryl methyl sites for hydroxylation is 1. The van der Waals surface area contributed by atoms with E-state index in [-0.39, 0.29) is 43.2 Å². The van der Waals surface area contributed by atoms with Gasteiger partial charge in [-0.2, -0.15) is 5.26 Å². The smallest absolute Gasteiger partial charge is 0.406 e. The Labute approximate surface area is 205 Å². The number of anilines is 1. The highest BCUT2D eigenvalue weighted by Crippen LogP contribution is 2.24. The number of hydrogen-bond acceptors (Lipinski definition) is 9. The summed E-state index contributed by atoms with van der Waals surface area (Å²) in [6.45, 7) is -0.343. The summed E-state index contributed by atoms with van der Waals surface area (Å²) in [4.78, 5) is 23.9. The normalized spacial score (nSPS) is 12.0. The van der Waals surface area contributed by atoms with Gasteiger partial charge in [-0.25, -0.2) is 9.07 Å². The van der Waals surface area contributed by atoms with Crippen molar-refractivity contribution in [3.8, 4) is 11.8 Å². The number of carbonyl (C=O) groups excluding carboxylic acids is 2. The van der Waals surface area contributed by atoms with E-state index >= 15 is 0 Å². The summed E-state index contributed by atoms with van der Waals surface area (Å²) in [6, 6.07) is 6.80. The summed E-state index contributed by atoms with van der Waals surface area (Å²) in [6.07, 6.45) is -4.85. The van der Waals surface area contributed by atoms with Crippen molar-refractivity contribution in [3.63, 3.8) is 0 Å². The molecule has 2 heterocycles. The molecule has 3 aromatic rings. The first-order valence-corrected chi connectivity index (χ1v) is 11.1. The topological polar surface area (TPSA) is 148 Å². The number of hydrogen-bond donors (Lipinski definition) is 2. The fourth-order valence-corrected chi connectivity index (χ4v) is 3.65. The number of carbonyl (C=O) groups is 2. The Morgan fingerprint density at radius 3 is 2.81 bits per heavy atom. The lowest BCUT2D eigenvalue weighted by Gasteiger charge is -2.09. The lowest BCUT2D eigenvalue weighted by molar-refractivity contribution is -0.274. The standard InChI is InChI=1S/C20H18F4N8O3S/c21-13(10-32-11-15(28-31-32)18(34)26-7-6-25)4-5-17-29-30-19(36-17)27-16(33)9-12-2-1-3-14(8-12)35-20(22,23)24/h1-3,8,11,13H,4-5,7,9-10H2,(H,26,34)(H,27,30,33). The number of ether oxygens (including phenoxy) is 1. The predicted octanol–water partition coefficient (Wildman–Crippen LogP) is 2.43. The summed E-state index contributed by atoms with van der Waals surface area (Å²) < 4.78 is 56.4. The molecule has 1 aromatic carbocycles. The van der Waals surface area contributed by atoms with Crippen LogP contribution in [-0.4, -0.2) is 56.1 Å². The van der Waals surface area contributed by atoms with Crippen molar-refractivity contribution >= 4 is 28.3 Å². The van der Waals surface area contributed by atoms with Crippen LogP contribution in [0.5, 0.6) is 5.75 Å². The minimum atomic E-state index is -4.84. The van der Waals surface area contributed by atoms with Crippen molar-refractivity contribution in [2.45, 2.75) is 38.3 Å². The summed E-state index contributed by atoms with van der Waals surface area (Å²) in [5.74, 6) is -1.55. The van der Waals surface area contributed by atoms with E-state index in [9.17, 15) is 27.2 Å². The summed E-state index contributed by atoms with van der Waals surface area (Å²) in [5, 5.41) is 28.9. The molecule has 190 valence electrons. The van der Waals surface area contributed by atoms with Gasteiger partial charge in [-0.3, -0.25) is 9.59 Å². The second-order valence-electron chi connectivity index (χ2n) is 7.22. The molecule has 0 radical (unpaired) electrons. The summed E-state index contributed by atoms with van der Waals surface area (Å²) in [5.41, 5.74) is 0.264. The maximum Gasteiger partial charge on any atom is 0.573 e. The van der Waals surface area contributed by atoms with Gasteiger partial charge in [-0.15, -0.1) is 28.5 Å². The molecule has 1 atom stereocenters. The number of aromatic nitrogens is 5. The average molecular weight is 526 g/mol. The minimum absolute atomic E-state index is 0.0402. The molecule has 2 N–H and O–H groups in total. The number of nitrogens with one attached hydrogen (secondary N) is 2. The number of amides is 2. The third-order valence-corrected chi connectivity index (χ3v) is 5.26. The quantitative estimate of drug-likeness (QED) is 0.286. The first kappa shape index (κ1) is 26.5. The van der Waals surface area contributed by atoms with Gasteiger partial charge in [-0.05, 0) is 24.1 Å². The minimum Gasteiger partial charge on any atom is -0.406 e. The average Bonchev–Trinajstić information content (AvgIpc) is 3.44. The number of alkyl halides is 4. The molecular weight excluding hydrogens is 508 g/mol. The van der Waals surface area contributed by atoms with E-state index in [4.69, 9.17) is 5.26 Å². The number of nitrogens with zero attached hydrogens (tertiary/aromatic N) is 6. The van der Waals surface area contributed by atoms with Crippen LogP contribution >= 0.6 is 11.3 Å². The van der Waals surface area contributed by atoms with Crippen molar-refractivity contribution in [2.75, 3.05) is 11.9 Å². The van der Waals surface area contributed by atoms with Gasteiger partial charge in [0.2, 0.25) is 11.0 Å². The second-order valence-corrected chi connectivity index (χ2v) is 8.29. The van der Waals surface area contributed by atoms with Crippen LogP contribution in [0.3, 0.4) is 0 Å². The molecule has 0 spiro atoms. The Balaban J connectivity index is 1.44. The van der Waals surface area contributed by atoms with E-state index in [1.54, 1.807) is 6.07 Å². The molecule has 11 nitrogen and oxygen atoms in total. The van der Waals surface area contributed by atoms with Crippen molar-refractivity contribution < 1.29 is 31.9 Å². The number of benzene rings is 1. The van der Waals surface area contributed by atoms with Gasteiger partial charge in [0.05, 0.1) is 25.2 Å². The first-order chi connectivity index (χ1) is 17.1. The van der Waals surface area contributed by atoms with Gasteiger partial charge in [0.25, 0.3) is 5.91 Å². The molecule has 2 aromatic heterocycles. The maximum absolute atomic E-state index is 14.4. The number of halogens is 4. The van der Waals surface area contributed by atoms with Crippen molar-refractivity contribution in [1.82, 2.24) is 30.5 Å². The van der Waals surface area contributed by atoms with E-state index in [2.05, 4.69) is 35.9 Å². The van der Waals surface area contributed by atoms with Gasteiger partial charge in [0, 0.05) is 6.42 Å². The lowest BCUT2D eigenvalue weighted by Crippen LogP contribution is -2.23. The molecule has 2 amide bonds. The molecule has 0 aliphatic heterocycles. The second kappa shape index (κ2) is 12.0. The Kier molecular flexibility index (Phi) is 8.84. The van der Waals surface area contributed by atoms with Gasteiger partial charge >= 0.3 is 6.36 Å². The SMILES string of the molecule is N#CCNC(=O)c1cn(CC(F)CCc2nnc(NC(=O)Cc3cccc(OC(F)(F)F)c3)s2)nn1. The van der Waals surface area contributed by atoms with Crippen LogP contribution in [0.25, 0.3) is 0 Å². The van der Waals surface area contributed by atoms with Gasteiger partial charge < -0.3 is 15.4 Å². The Morgan fingerprint density at radius 1 is 1.25 bits per heavy atom. The Hall–Kier alpha value is -4.13. The van der Waals surface area contributed by atoms with Crippen LogP contribution in [-0.2, 0) is 24.2 Å². The van der Waals surface area contributed by atoms with Crippen LogP contribution in [0.1, 0.15) is 27.5 Å². The van der Waals surface area contributed by atoms with E-state index in [0.29, 0.717) is 10.6 Å². The highest BCUT2D eigenvalue weighted by atomic mass is 32.1. The van der Waals surface area contributed by atoms with Crippen LogP contribution in [0.15, 0.2) is 30.5 Å². The van der Waals surface area contributed by atoms with E-state index < -0.39 is 30.1 Å². The zero-order valence-electron chi connectivity index (χ0n) is 18.3. The molecule has 16 heteroatoms. The largest absolute Gasteiger partial charge is 0.573 e. The lowest BCUT2D eigenvalue weighted by atomic mass is 10.1. The van der Waals surface area contributed by atoms with Gasteiger partial charge in [-0.1, -0.05) is 28.7 Å². The van der Waals surface area contributed by atoms with Crippen molar-refractivity contribution in [1.29, 1.82) is 5.26 Å². The molecule has 0 saturated heterocycles. The van der Waals surface area contributed by atoms with Gasteiger partial charge in [0.1, 0.15) is 23.5 Å². The van der Waals surface area contributed by atoms with Gasteiger partial charge in [0.15, 0.2) is 5.69 Å². The molecular formula is C20H18F4N8O3S. The van der Waals surface area contributed by atoms with Crippen molar-refractivity contribution in [2.24, 2.45) is 0 Å². The molecule has 1 unspecified atom stereocenters. The molecule has 3 rings (SSSR count). The Morgan fingerprint density at radius 2 is 2.06 bits per heavy atom. The summed E-state index contributed by atoms with van der Waals surface area (Å²) >= 11 is 1.04. The molecule has 36 heavy (non-hydrogen) atoms. The predicted molar refractivity (Wildman–Crippen MR) is 117 cm³/mol. The Bertz CT molecular complexity index is 1240. The molecule has 0 aliphatic carbocycles. The molecule has 0 saturated carbocycles. The zero-order valence-corrected chi connectivity index (χ0v) is 19.1. The van der Waals surface area contributed by atoms with Crippen LogP contribution in [0, 0.1) is 11.3 Å². The summed E-state index contributed by atoms with van der Waals surface area (Å²) in [7, 11) is 0. The fourth-order valence-electron chi connectivity index (χ4n) is 2.88. The fraction of sp³-hybridized carbons (Fsp3) is 0.350. The third kappa shape index (κ3) is 8.58. The van der Waals surface area contributed by atoms with Crippen molar-refractivity contribution in [3.05, 3.63) is 46.7 Å². The van der Waals surface area contributed by atoms with E-state index in [0.717, 1.165) is 23.5 Å². The highest BCUT2D eigenvalue weighted by molar-refractivity contribution is 7.15. The third-order valence-electron chi connectivity index (χ3n) is 4.37. The van der Waals surface area contributed by atoms with Crippen LogP contribution < -0.4 is 15.4 Å².